The van der Waals surface area contributed by atoms with Gasteiger partial charge in [0.15, 0.2) is 0 Å². The lowest BCUT2D eigenvalue weighted by molar-refractivity contribution is 0.501. The first-order chi connectivity index (χ1) is 9.75. The highest BCUT2D eigenvalue weighted by Gasteiger charge is 2.11. The summed E-state index contributed by atoms with van der Waals surface area (Å²) in [5.74, 6) is 1.32. The summed E-state index contributed by atoms with van der Waals surface area (Å²) in [6.45, 7) is 6.70. The molecule has 0 spiro atoms. The van der Waals surface area contributed by atoms with E-state index in [1.807, 2.05) is 11.3 Å². The van der Waals surface area contributed by atoms with Gasteiger partial charge >= 0.3 is 0 Å². The van der Waals surface area contributed by atoms with Crippen molar-refractivity contribution in [3.8, 4) is 0 Å². The van der Waals surface area contributed by atoms with Gasteiger partial charge < -0.3 is 5.32 Å². The maximum Gasteiger partial charge on any atom is 0.00454 e. The lowest BCUT2D eigenvalue weighted by Crippen LogP contribution is -2.25. The monoisotopic (exact) mass is 287 g/mol. The van der Waals surface area contributed by atoms with Gasteiger partial charge in [0, 0.05) is 11.4 Å². The van der Waals surface area contributed by atoms with E-state index in [1.54, 1.807) is 0 Å². The van der Waals surface area contributed by atoms with E-state index < -0.39 is 0 Å². The zero-order valence-corrected chi connectivity index (χ0v) is 13.3. The highest BCUT2D eigenvalue weighted by molar-refractivity contribution is 7.09. The summed E-state index contributed by atoms with van der Waals surface area (Å²) in [5, 5.41) is 5.79. The lowest BCUT2D eigenvalue weighted by Gasteiger charge is -2.19. The van der Waals surface area contributed by atoms with Crippen molar-refractivity contribution in [1.29, 1.82) is 0 Å². The molecule has 1 atom stereocenters. The van der Waals surface area contributed by atoms with Crippen LogP contribution in [0.1, 0.15) is 36.6 Å². The molecule has 0 aliphatic heterocycles. The zero-order valence-electron chi connectivity index (χ0n) is 12.5. The minimum absolute atomic E-state index is 0.608. The van der Waals surface area contributed by atoms with Gasteiger partial charge in [0.1, 0.15) is 0 Å². The van der Waals surface area contributed by atoms with Crippen LogP contribution in [0.25, 0.3) is 0 Å². The van der Waals surface area contributed by atoms with Crippen LogP contribution in [0.3, 0.4) is 0 Å². The van der Waals surface area contributed by atoms with Crippen LogP contribution in [0, 0.1) is 5.92 Å². The Bertz CT molecular complexity index is 461. The molecule has 0 aliphatic rings. The number of hydrogen-bond donors (Lipinski definition) is 1. The number of thiophene rings is 1. The second-order valence-corrected chi connectivity index (χ2v) is 6.81. The Kier molecular flexibility index (Phi) is 6.28. The molecule has 0 amide bonds. The first-order valence-corrected chi connectivity index (χ1v) is 8.41. The molecular formula is C18H25NS. The summed E-state index contributed by atoms with van der Waals surface area (Å²) >= 11 is 1.87. The third-order valence-corrected chi connectivity index (χ3v) is 4.47. The minimum Gasteiger partial charge on any atom is -0.316 e. The molecule has 0 saturated carbocycles. The van der Waals surface area contributed by atoms with Crippen molar-refractivity contribution in [3.63, 3.8) is 0 Å². The molecule has 1 aromatic carbocycles. The van der Waals surface area contributed by atoms with Crippen LogP contribution in [0.2, 0.25) is 0 Å². The second kappa shape index (κ2) is 8.23. The van der Waals surface area contributed by atoms with Crippen LogP contribution in [0.5, 0.6) is 0 Å². The number of aryl methyl sites for hydroxylation is 1. The molecule has 1 heterocycles. The molecule has 1 unspecified atom stereocenters. The van der Waals surface area contributed by atoms with E-state index >= 15 is 0 Å². The molecule has 0 saturated heterocycles. The fourth-order valence-corrected chi connectivity index (χ4v) is 3.15. The van der Waals surface area contributed by atoms with Crippen molar-refractivity contribution in [2.24, 2.45) is 5.92 Å². The topological polar surface area (TPSA) is 12.0 Å². The van der Waals surface area contributed by atoms with Crippen molar-refractivity contribution >= 4 is 11.3 Å². The molecule has 1 aromatic heterocycles. The zero-order chi connectivity index (χ0) is 14.2. The van der Waals surface area contributed by atoms with Crippen LogP contribution >= 0.6 is 11.3 Å². The Morgan fingerprint density at radius 3 is 2.45 bits per heavy atom. The molecule has 1 N–H and O–H groups in total. The normalized spacial score (nSPS) is 12.8. The smallest absolute Gasteiger partial charge is 0.00454 e. The van der Waals surface area contributed by atoms with Gasteiger partial charge in [0.25, 0.3) is 0 Å². The number of benzene rings is 1. The van der Waals surface area contributed by atoms with Crippen LogP contribution < -0.4 is 5.32 Å². The molecule has 2 rings (SSSR count). The van der Waals surface area contributed by atoms with Gasteiger partial charge in [0.2, 0.25) is 0 Å². The molecule has 20 heavy (non-hydrogen) atoms. The SMILES string of the molecule is CC(C)CNCC(CCc1cccs1)c1ccccc1. The van der Waals surface area contributed by atoms with Crippen LogP contribution in [-0.2, 0) is 6.42 Å². The number of hydrogen-bond acceptors (Lipinski definition) is 2. The summed E-state index contributed by atoms with van der Waals surface area (Å²) in [6, 6.07) is 15.3. The average Bonchev–Trinajstić information content (AvgIpc) is 2.96. The van der Waals surface area contributed by atoms with Crippen molar-refractivity contribution in [2.75, 3.05) is 13.1 Å². The van der Waals surface area contributed by atoms with Gasteiger partial charge in [-0.2, -0.15) is 0 Å². The molecule has 108 valence electrons. The van der Waals surface area contributed by atoms with E-state index in [0.717, 1.165) is 13.1 Å². The summed E-state index contributed by atoms with van der Waals surface area (Å²) in [5.41, 5.74) is 1.46. The highest BCUT2D eigenvalue weighted by atomic mass is 32.1. The molecule has 2 heteroatoms. The van der Waals surface area contributed by atoms with E-state index in [4.69, 9.17) is 0 Å². The van der Waals surface area contributed by atoms with Gasteiger partial charge in [-0.05, 0) is 48.2 Å². The average molecular weight is 287 g/mol. The van der Waals surface area contributed by atoms with Gasteiger partial charge in [-0.25, -0.2) is 0 Å². The quantitative estimate of drug-likeness (QED) is 0.741. The predicted octanol–water partition coefficient (Wildman–Crippen LogP) is 4.71. The third kappa shape index (κ3) is 5.10. The number of rotatable bonds is 8. The Morgan fingerprint density at radius 1 is 1.00 bits per heavy atom. The molecule has 2 aromatic rings. The molecule has 0 fully saturated rings. The molecule has 0 radical (unpaired) electrons. The Balaban J connectivity index is 1.92. The van der Waals surface area contributed by atoms with Gasteiger partial charge in [0.05, 0.1) is 0 Å². The van der Waals surface area contributed by atoms with E-state index in [0.29, 0.717) is 11.8 Å². The highest BCUT2D eigenvalue weighted by Crippen LogP contribution is 2.22. The summed E-state index contributed by atoms with van der Waals surface area (Å²) < 4.78 is 0. The fourth-order valence-electron chi connectivity index (χ4n) is 2.43. The van der Waals surface area contributed by atoms with Crippen molar-refractivity contribution in [2.45, 2.75) is 32.6 Å². The Hall–Kier alpha value is -1.12. The Morgan fingerprint density at radius 2 is 1.80 bits per heavy atom. The van der Waals surface area contributed by atoms with Crippen molar-refractivity contribution < 1.29 is 0 Å². The first-order valence-electron chi connectivity index (χ1n) is 7.53. The molecule has 1 nitrogen and oxygen atoms in total. The van der Waals surface area contributed by atoms with Crippen LogP contribution in [0.4, 0.5) is 0 Å². The standard InChI is InChI=1S/C18H25NS/c1-15(2)13-19-14-17(16-7-4-3-5-8-16)10-11-18-9-6-12-20-18/h3-9,12,15,17,19H,10-11,13-14H2,1-2H3. The molecule has 0 aliphatic carbocycles. The molecular weight excluding hydrogens is 262 g/mol. The first kappa shape index (κ1) is 15.3. The van der Waals surface area contributed by atoms with E-state index in [2.05, 4.69) is 67.0 Å². The lowest BCUT2D eigenvalue weighted by atomic mass is 9.93. The Labute approximate surface area is 127 Å². The second-order valence-electron chi connectivity index (χ2n) is 5.78. The molecule has 0 bridgehead atoms. The van der Waals surface area contributed by atoms with Crippen LogP contribution in [-0.4, -0.2) is 13.1 Å². The van der Waals surface area contributed by atoms with Crippen molar-refractivity contribution in [3.05, 3.63) is 58.3 Å². The van der Waals surface area contributed by atoms with E-state index in [-0.39, 0.29) is 0 Å². The summed E-state index contributed by atoms with van der Waals surface area (Å²) in [6.07, 6.45) is 2.40. The minimum atomic E-state index is 0.608. The van der Waals surface area contributed by atoms with E-state index in [1.165, 1.54) is 23.3 Å². The fraction of sp³-hybridized carbons (Fsp3) is 0.444. The van der Waals surface area contributed by atoms with Gasteiger partial charge in [-0.15, -0.1) is 11.3 Å². The maximum absolute atomic E-state index is 3.62. The largest absolute Gasteiger partial charge is 0.316 e. The van der Waals surface area contributed by atoms with E-state index in [9.17, 15) is 0 Å². The van der Waals surface area contributed by atoms with Crippen LogP contribution in [0.15, 0.2) is 47.8 Å². The third-order valence-electron chi connectivity index (χ3n) is 3.53. The van der Waals surface area contributed by atoms with Gasteiger partial charge in [-0.3, -0.25) is 0 Å². The summed E-state index contributed by atoms with van der Waals surface area (Å²) in [7, 11) is 0. The van der Waals surface area contributed by atoms with Gasteiger partial charge in [-0.1, -0.05) is 50.2 Å². The number of nitrogens with one attached hydrogen (secondary N) is 1. The van der Waals surface area contributed by atoms with Crippen molar-refractivity contribution in [1.82, 2.24) is 5.32 Å². The summed E-state index contributed by atoms with van der Waals surface area (Å²) in [4.78, 5) is 1.50. The maximum atomic E-state index is 3.62. The predicted molar refractivity (Wildman–Crippen MR) is 89.5 cm³/mol.